The van der Waals surface area contributed by atoms with Crippen LogP contribution in [0.4, 0.5) is 4.39 Å². The Balaban J connectivity index is 1.68. The van der Waals surface area contributed by atoms with E-state index in [1.807, 2.05) is 36.4 Å². The van der Waals surface area contributed by atoms with Crippen molar-refractivity contribution in [3.8, 4) is 17.2 Å². The predicted molar refractivity (Wildman–Crippen MR) is 117 cm³/mol. The number of benzene rings is 3. The molecule has 7 heteroatoms. The average molecular weight is 422 g/mol. The zero-order chi connectivity index (χ0) is 20.9. The summed E-state index contributed by atoms with van der Waals surface area (Å²) in [5, 5.41) is 1.04. The third kappa shape index (κ3) is 4.02. The van der Waals surface area contributed by atoms with Crippen LogP contribution in [0.1, 0.15) is 0 Å². The minimum Gasteiger partial charge on any atom is -0.495 e. The van der Waals surface area contributed by atoms with Crippen molar-refractivity contribution in [1.82, 2.24) is 9.55 Å². The molecular weight excluding hydrogens is 403 g/mol. The van der Waals surface area contributed by atoms with Gasteiger partial charge in [-0.25, -0.2) is 9.37 Å². The summed E-state index contributed by atoms with van der Waals surface area (Å²) in [5.41, 5.74) is 1.05. The van der Waals surface area contributed by atoms with E-state index in [1.54, 1.807) is 42.0 Å². The van der Waals surface area contributed by atoms with Crippen molar-refractivity contribution < 1.29 is 13.9 Å². The van der Waals surface area contributed by atoms with Gasteiger partial charge in [-0.1, -0.05) is 48.2 Å². The summed E-state index contributed by atoms with van der Waals surface area (Å²) in [4.78, 5) is 18.0. The van der Waals surface area contributed by atoms with Gasteiger partial charge in [-0.15, -0.1) is 0 Å². The van der Waals surface area contributed by atoms with Crippen LogP contribution in [0, 0.1) is 5.82 Å². The van der Waals surface area contributed by atoms with Crippen molar-refractivity contribution in [2.45, 2.75) is 5.16 Å². The van der Waals surface area contributed by atoms with Crippen LogP contribution >= 0.6 is 11.8 Å². The van der Waals surface area contributed by atoms with Crippen molar-refractivity contribution >= 4 is 22.7 Å². The largest absolute Gasteiger partial charge is 0.495 e. The molecule has 0 bridgehead atoms. The van der Waals surface area contributed by atoms with Crippen molar-refractivity contribution in [1.29, 1.82) is 0 Å². The second-order valence-corrected chi connectivity index (χ2v) is 7.41. The molecule has 4 rings (SSSR count). The summed E-state index contributed by atoms with van der Waals surface area (Å²) < 4.78 is 26.3. The zero-order valence-corrected chi connectivity index (χ0v) is 17.1. The fourth-order valence-corrected chi connectivity index (χ4v) is 3.90. The van der Waals surface area contributed by atoms with E-state index in [1.165, 1.54) is 17.8 Å². The number of hydrogen-bond acceptors (Lipinski definition) is 5. The molecule has 1 aromatic heterocycles. The van der Waals surface area contributed by atoms with E-state index in [0.717, 1.165) is 0 Å². The summed E-state index contributed by atoms with van der Waals surface area (Å²) in [6.07, 6.45) is 0. The lowest BCUT2D eigenvalue weighted by Gasteiger charge is -2.15. The van der Waals surface area contributed by atoms with E-state index in [4.69, 9.17) is 14.5 Å². The topological polar surface area (TPSA) is 53.4 Å². The zero-order valence-electron chi connectivity index (χ0n) is 16.2. The number of hydrogen-bond donors (Lipinski definition) is 0. The quantitative estimate of drug-likeness (QED) is 0.245. The number of halogens is 1. The number of ether oxygens (including phenoxy) is 2. The molecular formula is C23H19FN2O3S. The number of nitrogens with zero attached hydrogens (tertiary/aromatic N) is 2. The van der Waals surface area contributed by atoms with Crippen LogP contribution in [0.3, 0.4) is 0 Å². The normalized spacial score (nSPS) is 10.9. The monoisotopic (exact) mass is 422 g/mol. The van der Waals surface area contributed by atoms with Gasteiger partial charge in [0.15, 0.2) is 16.7 Å². The first-order valence-corrected chi connectivity index (χ1v) is 10.3. The van der Waals surface area contributed by atoms with Gasteiger partial charge in [-0.3, -0.25) is 9.36 Å². The van der Waals surface area contributed by atoms with Gasteiger partial charge in [0.2, 0.25) is 0 Å². The lowest BCUT2D eigenvalue weighted by atomic mass is 10.2. The van der Waals surface area contributed by atoms with Gasteiger partial charge in [0.05, 0.1) is 30.3 Å². The molecule has 1 heterocycles. The number of aromatic nitrogens is 2. The maximum Gasteiger partial charge on any atom is 0.266 e. The first-order chi connectivity index (χ1) is 14.7. The lowest BCUT2D eigenvalue weighted by molar-refractivity contribution is 0.325. The fourth-order valence-electron chi connectivity index (χ4n) is 3.08. The first kappa shape index (κ1) is 20.0. The van der Waals surface area contributed by atoms with Gasteiger partial charge in [0.25, 0.3) is 5.56 Å². The maximum atomic E-state index is 13.7. The molecule has 5 nitrogen and oxygen atoms in total. The van der Waals surface area contributed by atoms with Crippen molar-refractivity contribution in [2.75, 3.05) is 19.5 Å². The highest BCUT2D eigenvalue weighted by Gasteiger charge is 2.16. The van der Waals surface area contributed by atoms with Crippen LogP contribution < -0.4 is 15.0 Å². The minimum absolute atomic E-state index is 0.178. The third-order valence-electron chi connectivity index (χ3n) is 4.48. The Morgan fingerprint density at radius 2 is 1.67 bits per heavy atom. The molecule has 0 atom stereocenters. The molecule has 0 aliphatic rings. The Labute approximate surface area is 177 Å². The van der Waals surface area contributed by atoms with Gasteiger partial charge in [0, 0.05) is 5.75 Å². The van der Waals surface area contributed by atoms with Gasteiger partial charge < -0.3 is 9.47 Å². The van der Waals surface area contributed by atoms with Crippen LogP contribution in [-0.4, -0.2) is 29.0 Å². The standard InChI is InChI=1S/C23H19FN2O3S/c1-28-21-13-7-5-11-19(21)26-22(27)16-8-2-4-10-18(16)25-23(26)30-15-14-29-20-12-6-3-9-17(20)24/h2-13H,14-15H2,1H3. The summed E-state index contributed by atoms with van der Waals surface area (Å²) >= 11 is 1.36. The van der Waals surface area contributed by atoms with Crippen LogP contribution in [0.25, 0.3) is 16.6 Å². The van der Waals surface area contributed by atoms with Crippen LogP contribution in [-0.2, 0) is 0 Å². The average Bonchev–Trinajstić information content (AvgIpc) is 2.78. The molecule has 0 spiro atoms. The second kappa shape index (κ2) is 9.00. The molecule has 0 saturated carbocycles. The maximum absolute atomic E-state index is 13.7. The Hall–Kier alpha value is -3.32. The van der Waals surface area contributed by atoms with Crippen molar-refractivity contribution in [3.63, 3.8) is 0 Å². The number of fused-ring (bicyclic) bond motifs is 1. The number of thioether (sulfide) groups is 1. The molecule has 0 radical (unpaired) electrons. The van der Waals surface area contributed by atoms with Crippen molar-refractivity contribution in [3.05, 3.63) is 89.0 Å². The van der Waals surface area contributed by atoms with E-state index < -0.39 is 5.82 Å². The summed E-state index contributed by atoms with van der Waals surface area (Å²) in [5.74, 6) is 0.846. The van der Waals surface area contributed by atoms with Gasteiger partial charge in [-0.2, -0.15) is 0 Å². The Morgan fingerprint density at radius 3 is 2.47 bits per heavy atom. The van der Waals surface area contributed by atoms with E-state index >= 15 is 0 Å². The molecule has 30 heavy (non-hydrogen) atoms. The number of para-hydroxylation sites is 4. The van der Waals surface area contributed by atoms with Crippen LogP contribution in [0.15, 0.2) is 82.7 Å². The van der Waals surface area contributed by atoms with E-state index in [2.05, 4.69) is 0 Å². The van der Waals surface area contributed by atoms with Crippen molar-refractivity contribution in [2.24, 2.45) is 0 Å². The van der Waals surface area contributed by atoms with E-state index in [-0.39, 0.29) is 17.9 Å². The highest BCUT2D eigenvalue weighted by molar-refractivity contribution is 7.99. The second-order valence-electron chi connectivity index (χ2n) is 6.35. The van der Waals surface area contributed by atoms with Gasteiger partial charge >= 0.3 is 0 Å². The lowest BCUT2D eigenvalue weighted by Crippen LogP contribution is -2.22. The van der Waals surface area contributed by atoms with Gasteiger partial charge in [0.1, 0.15) is 5.75 Å². The molecule has 0 fully saturated rings. The Morgan fingerprint density at radius 1 is 0.967 bits per heavy atom. The highest BCUT2D eigenvalue weighted by Crippen LogP contribution is 2.27. The Bertz CT molecular complexity index is 1240. The molecule has 0 aliphatic heterocycles. The fraction of sp³-hybridized carbons (Fsp3) is 0.130. The molecule has 0 unspecified atom stereocenters. The molecule has 0 amide bonds. The van der Waals surface area contributed by atoms with Crippen LogP contribution in [0.5, 0.6) is 11.5 Å². The molecule has 0 saturated heterocycles. The number of methoxy groups -OCH3 is 1. The Kier molecular flexibility index (Phi) is 5.99. The number of rotatable bonds is 7. The van der Waals surface area contributed by atoms with Gasteiger partial charge in [-0.05, 0) is 36.4 Å². The van der Waals surface area contributed by atoms with Crippen LogP contribution in [0.2, 0.25) is 0 Å². The SMILES string of the molecule is COc1ccccc1-n1c(SCCOc2ccccc2F)nc2ccccc2c1=O. The van der Waals surface area contributed by atoms with E-state index in [0.29, 0.717) is 33.2 Å². The summed E-state index contributed by atoms with van der Waals surface area (Å²) in [7, 11) is 1.56. The first-order valence-electron chi connectivity index (χ1n) is 9.34. The third-order valence-corrected chi connectivity index (χ3v) is 5.38. The highest BCUT2D eigenvalue weighted by atomic mass is 32.2. The molecule has 152 valence electrons. The molecule has 0 aliphatic carbocycles. The van der Waals surface area contributed by atoms with E-state index in [9.17, 15) is 9.18 Å². The minimum atomic E-state index is -0.405. The summed E-state index contributed by atoms with van der Waals surface area (Å²) in [6.45, 7) is 0.264. The summed E-state index contributed by atoms with van der Waals surface area (Å²) in [6, 6.07) is 20.8. The predicted octanol–water partition coefficient (Wildman–Crippen LogP) is 4.70. The molecule has 3 aromatic carbocycles. The molecule has 4 aromatic rings. The molecule has 0 N–H and O–H groups in total. The smallest absolute Gasteiger partial charge is 0.266 e.